The Morgan fingerprint density at radius 2 is 1.46 bits per heavy atom. The van der Waals surface area contributed by atoms with Crippen molar-refractivity contribution < 1.29 is 26.3 Å². The van der Waals surface area contributed by atoms with Crippen molar-refractivity contribution in [3.05, 3.63) is 29.3 Å². The maximum Gasteiger partial charge on any atom is 0.416 e. The molecule has 3 nitrogen and oxygen atoms in total. The fraction of sp³-hybridized carbons (Fsp3) is 0.611. The third kappa shape index (κ3) is 8.64. The zero-order chi connectivity index (χ0) is 21.7. The van der Waals surface area contributed by atoms with Crippen molar-refractivity contribution >= 4 is 23.0 Å². The highest BCUT2D eigenvalue weighted by molar-refractivity contribution is 7.80. The molecule has 2 N–H and O–H groups in total. The summed E-state index contributed by atoms with van der Waals surface area (Å²) in [7, 11) is 3.73. The summed E-state index contributed by atoms with van der Waals surface area (Å²) in [4.78, 5) is 1.92. The van der Waals surface area contributed by atoms with Crippen molar-refractivity contribution in [2.24, 2.45) is 5.92 Å². The predicted octanol–water partition coefficient (Wildman–Crippen LogP) is 5.38. The molecule has 0 fully saturated rings. The van der Waals surface area contributed by atoms with Crippen molar-refractivity contribution in [2.75, 3.05) is 26.0 Å². The summed E-state index contributed by atoms with van der Waals surface area (Å²) in [5.41, 5.74) is -3.15. The molecule has 0 heterocycles. The molecule has 160 valence electrons. The lowest BCUT2D eigenvalue weighted by atomic mass is 10.0. The molecule has 0 radical (unpaired) electrons. The lowest BCUT2D eigenvalue weighted by Crippen LogP contribution is -2.43. The summed E-state index contributed by atoms with van der Waals surface area (Å²) in [5, 5.41) is 5.42. The summed E-state index contributed by atoms with van der Waals surface area (Å²) in [6.45, 7) is 4.74. The first-order chi connectivity index (χ1) is 12.7. The van der Waals surface area contributed by atoms with Gasteiger partial charge in [-0.05, 0) is 63.3 Å². The largest absolute Gasteiger partial charge is 0.416 e. The molecule has 28 heavy (non-hydrogen) atoms. The third-order valence-corrected chi connectivity index (χ3v) is 4.08. The van der Waals surface area contributed by atoms with Gasteiger partial charge in [-0.2, -0.15) is 26.3 Å². The molecule has 0 aliphatic carbocycles. The first-order valence-electron chi connectivity index (χ1n) is 8.70. The zero-order valence-electron chi connectivity index (χ0n) is 16.1. The molecule has 0 spiro atoms. The van der Waals surface area contributed by atoms with Crippen LogP contribution in [0.5, 0.6) is 0 Å². The number of nitrogens with one attached hydrogen (secondary N) is 2. The molecule has 1 rings (SSSR count). The molecule has 1 aromatic rings. The van der Waals surface area contributed by atoms with Gasteiger partial charge in [-0.15, -0.1) is 0 Å². The summed E-state index contributed by atoms with van der Waals surface area (Å²) < 4.78 is 77.7. The van der Waals surface area contributed by atoms with Crippen molar-refractivity contribution in [1.29, 1.82) is 0 Å². The van der Waals surface area contributed by atoms with E-state index in [1.54, 1.807) is 0 Å². The number of rotatable bonds is 7. The van der Waals surface area contributed by atoms with Crippen LogP contribution in [0, 0.1) is 5.92 Å². The normalized spacial score (nSPS) is 13.7. The monoisotopic (exact) mass is 429 g/mol. The first kappa shape index (κ1) is 24.5. The Morgan fingerprint density at radius 3 is 1.86 bits per heavy atom. The number of hydrogen-bond donors (Lipinski definition) is 2. The lowest BCUT2D eigenvalue weighted by molar-refractivity contribution is -0.143. The third-order valence-electron chi connectivity index (χ3n) is 3.86. The Morgan fingerprint density at radius 1 is 0.964 bits per heavy atom. The number of thiocarbonyl (C=S) groups is 1. The number of likely N-dealkylation sites (N-methyl/N-ethyl adjacent to an activating group) is 1. The van der Waals surface area contributed by atoms with E-state index in [4.69, 9.17) is 12.2 Å². The van der Waals surface area contributed by atoms with Crippen LogP contribution in [-0.2, 0) is 12.4 Å². The van der Waals surface area contributed by atoms with Crippen LogP contribution in [0.3, 0.4) is 0 Å². The molecule has 0 aromatic heterocycles. The van der Waals surface area contributed by atoms with E-state index in [1.165, 1.54) is 0 Å². The number of alkyl halides is 6. The smallest absolute Gasteiger partial charge is 0.358 e. The van der Waals surface area contributed by atoms with Crippen LogP contribution < -0.4 is 10.6 Å². The Balaban J connectivity index is 2.99. The van der Waals surface area contributed by atoms with Crippen molar-refractivity contribution in [2.45, 2.75) is 45.1 Å². The van der Waals surface area contributed by atoms with Gasteiger partial charge in [0, 0.05) is 18.3 Å². The van der Waals surface area contributed by atoms with Gasteiger partial charge in [0.2, 0.25) is 0 Å². The van der Waals surface area contributed by atoms with E-state index in [0.29, 0.717) is 24.6 Å². The Hall–Kier alpha value is -1.55. The van der Waals surface area contributed by atoms with E-state index in [2.05, 4.69) is 24.5 Å². The Labute approximate surface area is 166 Å². The molecule has 0 aliphatic heterocycles. The van der Waals surface area contributed by atoms with Gasteiger partial charge in [0.15, 0.2) is 5.11 Å². The predicted molar refractivity (Wildman–Crippen MR) is 102 cm³/mol. The second-order valence-corrected chi connectivity index (χ2v) is 7.73. The maximum absolute atomic E-state index is 13.0. The number of anilines is 1. The van der Waals surface area contributed by atoms with E-state index < -0.39 is 23.5 Å². The van der Waals surface area contributed by atoms with E-state index in [1.807, 2.05) is 19.0 Å². The van der Waals surface area contributed by atoms with Crippen LogP contribution in [0.1, 0.15) is 37.8 Å². The highest BCUT2D eigenvalue weighted by atomic mass is 32.1. The molecule has 1 aromatic carbocycles. The van der Waals surface area contributed by atoms with E-state index in [9.17, 15) is 26.3 Å². The van der Waals surface area contributed by atoms with Crippen LogP contribution in [0.2, 0.25) is 0 Å². The Bertz CT molecular complexity index is 623. The molecule has 1 unspecified atom stereocenters. The minimum Gasteiger partial charge on any atom is -0.358 e. The van der Waals surface area contributed by atoms with Gasteiger partial charge in [-0.25, -0.2) is 0 Å². The van der Waals surface area contributed by atoms with Crippen LogP contribution in [-0.4, -0.2) is 36.7 Å². The quantitative estimate of drug-likeness (QED) is 0.450. The second-order valence-electron chi connectivity index (χ2n) is 7.32. The van der Waals surface area contributed by atoms with Gasteiger partial charge in [0.05, 0.1) is 11.1 Å². The van der Waals surface area contributed by atoms with Crippen molar-refractivity contribution in [3.63, 3.8) is 0 Å². The van der Waals surface area contributed by atoms with Crippen molar-refractivity contribution in [1.82, 2.24) is 10.2 Å². The number of halogens is 6. The highest BCUT2D eigenvalue weighted by Crippen LogP contribution is 2.37. The molecular formula is C18H25F6N3S. The van der Waals surface area contributed by atoms with Crippen LogP contribution in [0.4, 0.5) is 32.0 Å². The molecule has 0 saturated heterocycles. The first-order valence-corrected chi connectivity index (χ1v) is 9.11. The van der Waals surface area contributed by atoms with Gasteiger partial charge in [-0.1, -0.05) is 13.8 Å². The number of nitrogens with zero attached hydrogens (tertiary/aromatic N) is 1. The average Bonchev–Trinajstić information content (AvgIpc) is 2.49. The molecule has 0 bridgehead atoms. The zero-order valence-corrected chi connectivity index (χ0v) is 16.9. The van der Waals surface area contributed by atoms with E-state index in [-0.39, 0.29) is 22.9 Å². The minimum absolute atomic E-state index is 0.0249. The minimum atomic E-state index is -4.91. The number of benzene rings is 1. The van der Waals surface area contributed by atoms with Crippen LogP contribution >= 0.6 is 12.2 Å². The summed E-state index contributed by atoms with van der Waals surface area (Å²) in [6.07, 6.45) is -8.15. The van der Waals surface area contributed by atoms with Gasteiger partial charge in [0.25, 0.3) is 0 Å². The van der Waals surface area contributed by atoms with Gasteiger partial charge >= 0.3 is 12.4 Å². The SMILES string of the molecule is CC(C)CCC(CN(C)C)NC(=S)Nc1cc(C(F)(F)F)cc(C(F)(F)F)c1. The highest BCUT2D eigenvalue weighted by Gasteiger charge is 2.37. The van der Waals surface area contributed by atoms with Crippen LogP contribution in [0.15, 0.2) is 18.2 Å². The molecular weight excluding hydrogens is 404 g/mol. The maximum atomic E-state index is 13.0. The average molecular weight is 429 g/mol. The standard InChI is InChI=1S/C18H25F6N3S/c1-11(2)5-6-14(10-27(3)4)25-16(28)26-15-8-12(17(19,20)21)7-13(9-15)18(22,23)24/h7-9,11,14H,5-6,10H2,1-4H3,(H2,25,26,28). The van der Waals surface area contributed by atoms with Crippen molar-refractivity contribution in [3.8, 4) is 0 Å². The van der Waals surface area contributed by atoms with E-state index >= 15 is 0 Å². The van der Waals surface area contributed by atoms with Gasteiger partial charge < -0.3 is 15.5 Å². The van der Waals surface area contributed by atoms with Gasteiger partial charge in [0.1, 0.15) is 0 Å². The number of hydrogen-bond acceptors (Lipinski definition) is 2. The molecule has 1 atom stereocenters. The van der Waals surface area contributed by atoms with E-state index in [0.717, 1.165) is 12.8 Å². The second kappa shape index (κ2) is 9.78. The summed E-state index contributed by atoms with van der Waals surface area (Å²) in [6, 6.07) is 1.21. The lowest BCUT2D eigenvalue weighted by Gasteiger charge is -2.25. The fourth-order valence-corrected chi connectivity index (χ4v) is 2.85. The molecule has 10 heteroatoms. The summed E-state index contributed by atoms with van der Waals surface area (Å²) >= 11 is 5.12. The molecule has 0 saturated carbocycles. The summed E-state index contributed by atoms with van der Waals surface area (Å²) in [5.74, 6) is 0.450. The van der Waals surface area contributed by atoms with Gasteiger partial charge in [-0.3, -0.25) is 0 Å². The van der Waals surface area contributed by atoms with Crippen LogP contribution in [0.25, 0.3) is 0 Å². The fourth-order valence-electron chi connectivity index (χ4n) is 2.56. The molecule has 0 amide bonds. The topological polar surface area (TPSA) is 27.3 Å². The molecule has 0 aliphatic rings. The Kier molecular flexibility index (Phi) is 8.55.